The van der Waals surface area contributed by atoms with Crippen molar-refractivity contribution >= 4 is 41.9 Å². The fourth-order valence-corrected chi connectivity index (χ4v) is 3.58. The second-order valence-corrected chi connectivity index (χ2v) is 9.38. The lowest BCUT2D eigenvalue weighted by atomic mass is 9.82. The summed E-state index contributed by atoms with van der Waals surface area (Å²) in [6.45, 7) is 6.98. The van der Waals surface area contributed by atoms with Crippen LogP contribution in [0.4, 0.5) is 0 Å². The largest absolute Gasteiger partial charge is 0.476 e. The van der Waals surface area contributed by atoms with E-state index >= 15 is 0 Å². The Kier molecular flexibility index (Phi) is 12.9. The molecule has 2 aromatic rings. The molecular weight excluding hydrogens is 519 g/mol. The van der Waals surface area contributed by atoms with E-state index in [0.29, 0.717) is 42.1 Å². The van der Waals surface area contributed by atoms with Gasteiger partial charge in [0.1, 0.15) is 5.75 Å². The van der Waals surface area contributed by atoms with Gasteiger partial charge >= 0.3 is 11.9 Å². The van der Waals surface area contributed by atoms with E-state index in [1.54, 1.807) is 50.2 Å². The molecule has 0 aliphatic rings. The Hall–Kier alpha value is -2.81. The van der Waals surface area contributed by atoms with Gasteiger partial charge in [-0.1, -0.05) is 37.6 Å². The number of amides is 1. The number of halogens is 2. The van der Waals surface area contributed by atoms with Gasteiger partial charge in [-0.15, -0.1) is 12.4 Å². The molecule has 2 aromatic carbocycles. The van der Waals surface area contributed by atoms with Crippen molar-refractivity contribution in [3.63, 3.8) is 0 Å². The lowest BCUT2D eigenvalue weighted by Gasteiger charge is -2.28. The Morgan fingerprint density at radius 3 is 2.03 bits per heavy atom. The van der Waals surface area contributed by atoms with Crippen molar-refractivity contribution in [3.05, 3.63) is 64.7 Å². The van der Waals surface area contributed by atoms with Crippen LogP contribution < -0.4 is 15.8 Å². The van der Waals surface area contributed by atoms with Crippen LogP contribution in [0.1, 0.15) is 56.5 Å². The molecule has 0 aliphatic heterocycles. The number of nitrogens with two attached hydrogens (primary N) is 1. The Balaban J connectivity index is 0.00000684. The Labute approximate surface area is 229 Å². The molecule has 0 atom stereocenters. The van der Waals surface area contributed by atoms with Gasteiger partial charge in [-0.05, 0) is 75.1 Å². The molecule has 0 saturated heterocycles. The maximum atomic E-state index is 12.5. The maximum absolute atomic E-state index is 12.5. The zero-order valence-corrected chi connectivity index (χ0v) is 23.2. The minimum absolute atomic E-state index is 0. The van der Waals surface area contributed by atoms with Gasteiger partial charge in [0.2, 0.25) is 6.79 Å². The minimum Gasteiger partial charge on any atom is -0.476 e. The van der Waals surface area contributed by atoms with Crippen molar-refractivity contribution in [1.82, 2.24) is 5.32 Å². The highest BCUT2D eigenvalue weighted by Crippen LogP contribution is 2.27. The monoisotopic (exact) mass is 554 g/mol. The van der Waals surface area contributed by atoms with Crippen LogP contribution in [-0.4, -0.2) is 43.3 Å². The standard InChI is InChI=1S/C27H35ClN2O6.ClH/c1-5-27(6-2,17-29)25(33)35-18-34-24(32)26(3,4)36-22-13-7-19(8-14-22)15-16-30-23(31)20-9-11-21(28)12-10-20;/h7-14H,5-6,15-18,29H2,1-4H3,(H,30,31);1H. The van der Waals surface area contributed by atoms with Crippen LogP contribution in [0.5, 0.6) is 5.75 Å². The number of hydrogen-bond donors (Lipinski definition) is 2. The summed E-state index contributed by atoms with van der Waals surface area (Å²) in [4.78, 5) is 37.0. The number of ether oxygens (including phenoxy) is 3. The second kappa shape index (κ2) is 14.8. The third kappa shape index (κ3) is 9.22. The highest BCUT2D eigenvalue weighted by Gasteiger charge is 2.36. The van der Waals surface area contributed by atoms with Crippen molar-refractivity contribution in [1.29, 1.82) is 0 Å². The first-order chi connectivity index (χ1) is 17.1. The first-order valence-corrected chi connectivity index (χ1v) is 12.3. The zero-order chi connectivity index (χ0) is 26.8. The van der Waals surface area contributed by atoms with Crippen LogP contribution in [0.15, 0.2) is 48.5 Å². The van der Waals surface area contributed by atoms with Gasteiger partial charge in [-0.3, -0.25) is 9.59 Å². The molecule has 204 valence electrons. The number of carbonyl (C=O) groups is 3. The van der Waals surface area contributed by atoms with Crippen molar-refractivity contribution in [3.8, 4) is 5.75 Å². The molecule has 0 aliphatic carbocycles. The Bertz CT molecular complexity index is 1010. The SMILES string of the molecule is CCC(CC)(CN)C(=O)OCOC(=O)C(C)(C)Oc1ccc(CCNC(=O)c2ccc(Cl)cc2)cc1.Cl. The van der Waals surface area contributed by atoms with E-state index in [0.717, 1.165) is 5.56 Å². The van der Waals surface area contributed by atoms with Crippen molar-refractivity contribution in [2.45, 2.75) is 52.6 Å². The van der Waals surface area contributed by atoms with Gasteiger partial charge < -0.3 is 25.3 Å². The fraction of sp³-hybridized carbons (Fsp3) is 0.444. The van der Waals surface area contributed by atoms with Gasteiger partial charge in [-0.2, -0.15) is 0 Å². The van der Waals surface area contributed by atoms with Crippen LogP contribution in [0, 0.1) is 5.41 Å². The number of benzene rings is 2. The highest BCUT2D eigenvalue weighted by atomic mass is 35.5. The molecule has 0 radical (unpaired) electrons. The number of hydrogen-bond acceptors (Lipinski definition) is 7. The van der Waals surface area contributed by atoms with Crippen LogP contribution in [0.3, 0.4) is 0 Å². The van der Waals surface area contributed by atoms with Crippen LogP contribution in [0.2, 0.25) is 5.02 Å². The van der Waals surface area contributed by atoms with Gasteiger partial charge in [0.25, 0.3) is 5.91 Å². The van der Waals surface area contributed by atoms with E-state index in [-0.39, 0.29) is 24.9 Å². The average Bonchev–Trinajstić information content (AvgIpc) is 2.86. The molecule has 0 bridgehead atoms. The summed E-state index contributed by atoms with van der Waals surface area (Å²) in [6.07, 6.45) is 1.69. The topological polar surface area (TPSA) is 117 Å². The number of nitrogens with one attached hydrogen (secondary N) is 1. The summed E-state index contributed by atoms with van der Waals surface area (Å²) < 4.78 is 16.1. The first kappa shape index (κ1) is 32.2. The fourth-order valence-electron chi connectivity index (χ4n) is 3.46. The number of esters is 2. The second-order valence-electron chi connectivity index (χ2n) is 8.94. The quantitative estimate of drug-likeness (QED) is 0.272. The number of carbonyl (C=O) groups excluding carboxylic acids is 3. The Morgan fingerprint density at radius 2 is 1.49 bits per heavy atom. The molecule has 0 spiro atoms. The molecule has 0 heterocycles. The lowest BCUT2D eigenvalue weighted by molar-refractivity contribution is -0.182. The van der Waals surface area contributed by atoms with E-state index in [4.69, 9.17) is 31.5 Å². The van der Waals surface area contributed by atoms with Crippen molar-refractivity contribution in [2.24, 2.45) is 11.1 Å². The third-order valence-corrected chi connectivity index (χ3v) is 6.40. The number of rotatable bonds is 13. The van der Waals surface area contributed by atoms with Crippen LogP contribution >= 0.6 is 24.0 Å². The molecule has 3 N–H and O–H groups in total. The summed E-state index contributed by atoms with van der Waals surface area (Å²) >= 11 is 5.85. The van der Waals surface area contributed by atoms with Gasteiger partial charge in [0.05, 0.1) is 5.41 Å². The van der Waals surface area contributed by atoms with E-state index in [1.165, 1.54) is 0 Å². The van der Waals surface area contributed by atoms with Crippen LogP contribution in [0.25, 0.3) is 0 Å². The molecule has 10 heteroatoms. The van der Waals surface area contributed by atoms with Gasteiger partial charge in [0.15, 0.2) is 5.60 Å². The van der Waals surface area contributed by atoms with E-state index in [9.17, 15) is 14.4 Å². The van der Waals surface area contributed by atoms with Gasteiger partial charge in [-0.25, -0.2) is 4.79 Å². The normalized spacial score (nSPS) is 11.2. The Morgan fingerprint density at radius 1 is 0.919 bits per heavy atom. The third-order valence-electron chi connectivity index (χ3n) is 6.15. The highest BCUT2D eigenvalue weighted by molar-refractivity contribution is 6.30. The van der Waals surface area contributed by atoms with Gasteiger partial charge in [0, 0.05) is 23.7 Å². The molecule has 8 nitrogen and oxygen atoms in total. The van der Waals surface area contributed by atoms with E-state index in [2.05, 4.69) is 5.32 Å². The zero-order valence-electron chi connectivity index (χ0n) is 21.7. The molecule has 0 unspecified atom stereocenters. The molecule has 2 rings (SSSR count). The van der Waals surface area contributed by atoms with Crippen molar-refractivity contribution < 1.29 is 28.6 Å². The molecule has 0 saturated carbocycles. The smallest absolute Gasteiger partial charge is 0.352 e. The van der Waals surface area contributed by atoms with E-state index < -0.39 is 29.7 Å². The van der Waals surface area contributed by atoms with Crippen LogP contribution in [-0.2, 0) is 25.5 Å². The molecule has 37 heavy (non-hydrogen) atoms. The predicted molar refractivity (Wildman–Crippen MR) is 145 cm³/mol. The molecule has 1 amide bonds. The minimum atomic E-state index is -1.30. The molecule has 0 fully saturated rings. The molecule has 0 aromatic heterocycles. The summed E-state index contributed by atoms with van der Waals surface area (Å²) in [5.41, 5.74) is 5.19. The maximum Gasteiger partial charge on any atom is 0.352 e. The van der Waals surface area contributed by atoms with Crippen molar-refractivity contribution in [2.75, 3.05) is 19.9 Å². The summed E-state index contributed by atoms with van der Waals surface area (Å²) in [5.74, 6) is -0.852. The lowest BCUT2D eigenvalue weighted by Crippen LogP contribution is -2.42. The summed E-state index contributed by atoms with van der Waals surface area (Å²) in [6, 6.07) is 13.9. The summed E-state index contributed by atoms with van der Waals surface area (Å²) in [7, 11) is 0. The average molecular weight is 555 g/mol. The predicted octanol–water partition coefficient (Wildman–Crippen LogP) is 4.70. The summed E-state index contributed by atoms with van der Waals surface area (Å²) in [5, 5.41) is 3.44. The first-order valence-electron chi connectivity index (χ1n) is 11.9. The van der Waals surface area contributed by atoms with E-state index in [1.807, 2.05) is 26.0 Å². The molecular formula is C27H36Cl2N2O6.